The van der Waals surface area contributed by atoms with E-state index in [0.717, 1.165) is 4.90 Å². The first-order valence-corrected chi connectivity index (χ1v) is 3.80. The van der Waals surface area contributed by atoms with Crippen LogP contribution in [0.4, 0.5) is 4.79 Å². The molecule has 7 nitrogen and oxygen atoms in total. The predicted octanol–water partition coefficient (Wildman–Crippen LogP) is -2.02. The lowest BCUT2D eigenvalue weighted by molar-refractivity contribution is -0.131. The zero-order valence-corrected chi connectivity index (χ0v) is 7.52. The standard InChI is InChI=1S/C7H10N3O4/c1-10-2-3(5(8)11)4(6(9)12)14-7(10)13/h4H,2H2,1H3,(H2,8,11)(H2,9,12). The van der Waals surface area contributed by atoms with Gasteiger partial charge in [0.25, 0.3) is 5.91 Å². The number of primary amides is 2. The highest BCUT2D eigenvalue weighted by Gasteiger charge is 2.41. The summed E-state index contributed by atoms with van der Waals surface area (Å²) in [5.41, 5.74) is 9.94. The lowest BCUT2D eigenvalue weighted by Crippen LogP contribution is -2.54. The molecule has 77 valence electrons. The average Bonchev–Trinajstić information content (AvgIpc) is 2.08. The van der Waals surface area contributed by atoms with Gasteiger partial charge in [-0.2, -0.15) is 0 Å². The summed E-state index contributed by atoms with van der Waals surface area (Å²) < 4.78 is 4.61. The van der Waals surface area contributed by atoms with Gasteiger partial charge in [-0.1, -0.05) is 0 Å². The monoisotopic (exact) mass is 200 g/mol. The predicted molar refractivity (Wildman–Crippen MR) is 44.5 cm³/mol. The Balaban J connectivity index is 2.85. The normalized spacial score (nSPS) is 23.1. The third-order valence-corrected chi connectivity index (χ3v) is 1.83. The van der Waals surface area contributed by atoms with Crippen LogP contribution in [0.5, 0.6) is 0 Å². The number of nitrogens with zero attached hydrogens (tertiary/aromatic N) is 1. The molecule has 0 aromatic heterocycles. The number of carbonyl (C=O) groups excluding carboxylic acids is 3. The summed E-state index contributed by atoms with van der Waals surface area (Å²) in [7, 11) is 1.42. The average molecular weight is 200 g/mol. The van der Waals surface area contributed by atoms with Crippen molar-refractivity contribution in [2.24, 2.45) is 11.5 Å². The van der Waals surface area contributed by atoms with Crippen molar-refractivity contribution in [3.05, 3.63) is 5.92 Å². The van der Waals surface area contributed by atoms with Crippen LogP contribution in [0.3, 0.4) is 0 Å². The summed E-state index contributed by atoms with van der Waals surface area (Å²) in [6.07, 6.45) is -2.05. The molecule has 7 heteroatoms. The van der Waals surface area contributed by atoms with Crippen molar-refractivity contribution in [2.45, 2.75) is 6.10 Å². The third-order valence-electron chi connectivity index (χ3n) is 1.83. The SMILES string of the molecule is CN1C[C](C(N)=O)C(C(N)=O)OC1=O. The quantitative estimate of drug-likeness (QED) is 0.535. The molecule has 4 N–H and O–H groups in total. The largest absolute Gasteiger partial charge is 0.435 e. The smallest absolute Gasteiger partial charge is 0.410 e. The highest BCUT2D eigenvalue weighted by Crippen LogP contribution is 2.18. The molecule has 1 rings (SSSR count). The Morgan fingerprint density at radius 3 is 2.50 bits per heavy atom. The Hall–Kier alpha value is -1.79. The summed E-state index contributed by atoms with van der Waals surface area (Å²) in [5, 5.41) is 0. The Morgan fingerprint density at radius 2 is 2.07 bits per heavy atom. The highest BCUT2D eigenvalue weighted by molar-refractivity contribution is 5.99. The lowest BCUT2D eigenvalue weighted by atomic mass is 9.99. The molecule has 1 atom stereocenters. The first-order chi connectivity index (χ1) is 6.43. The van der Waals surface area contributed by atoms with Crippen molar-refractivity contribution < 1.29 is 19.1 Å². The maximum absolute atomic E-state index is 11.0. The molecular weight excluding hydrogens is 190 g/mol. The van der Waals surface area contributed by atoms with Crippen molar-refractivity contribution in [1.82, 2.24) is 4.90 Å². The summed E-state index contributed by atoms with van der Waals surface area (Å²) in [4.78, 5) is 33.8. The van der Waals surface area contributed by atoms with Crippen LogP contribution in [0.1, 0.15) is 0 Å². The molecule has 1 radical (unpaired) electrons. The second-order valence-electron chi connectivity index (χ2n) is 2.91. The minimum Gasteiger partial charge on any atom is -0.435 e. The molecule has 0 aromatic rings. The molecule has 0 bridgehead atoms. The van der Waals surface area contributed by atoms with Gasteiger partial charge in [0, 0.05) is 13.6 Å². The van der Waals surface area contributed by atoms with Crippen molar-refractivity contribution >= 4 is 17.9 Å². The van der Waals surface area contributed by atoms with E-state index in [1.54, 1.807) is 0 Å². The van der Waals surface area contributed by atoms with E-state index in [4.69, 9.17) is 11.5 Å². The van der Waals surface area contributed by atoms with Gasteiger partial charge in [0.05, 0.1) is 0 Å². The Morgan fingerprint density at radius 1 is 1.50 bits per heavy atom. The maximum Gasteiger partial charge on any atom is 0.410 e. The van der Waals surface area contributed by atoms with Crippen LogP contribution in [0.2, 0.25) is 0 Å². The Kier molecular flexibility index (Phi) is 2.59. The van der Waals surface area contributed by atoms with Crippen LogP contribution < -0.4 is 11.5 Å². The zero-order chi connectivity index (χ0) is 10.9. The number of ether oxygens (including phenoxy) is 1. The summed E-state index contributed by atoms with van der Waals surface area (Å²) in [5.74, 6) is -1.71. The van der Waals surface area contributed by atoms with Gasteiger partial charge in [-0.25, -0.2) is 4.79 Å². The van der Waals surface area contributed by atoms with Crippen molar-refractivity contribution in [1.29, 1.82) is 0 Å². The molecule has 3 amide bonds. The maximum atomic E-state index is 11.0. The minimum absolute atomic E-state index is 0.0143. The van der Waals surface area contributed by atoms with E-state index in [0.29, 0.717) is 0 Å². The van der Waals surface area contributed by atoms with E-state index in [1.807, 2.05) is 0 Å². The highest BCUT2D eigenvalue weighted by atomic mass is 16.6. The molecule has 1 aliphatic heterocycles. The first kappa shape index (κ1) is 10.3. The minimum atomic E-state index is -1.34. The molecule has 1 saturated heterocycles. The molecule has 0 aliphatic carbocycles. The summed E-state index contributed by atoms with van der Waals surface area (Å²) >= 11 is 0. The zero-order valence-electron chi connectivity index (χ0n) is 7.52. The molecular formula is C7H10N3O4. The Labute approximate surface area is 80.0 Å². The van der Waals surface area contributed by atoms with Crippen molar-refractivity contribution in [2.75, 3.05) is 13.6 Å². The van der Waals surface area contributed by atoms with Gasteiger partial charge in [0.2, 0.25) is 5.91 Å². The number of amides is 3. The fraction of sp³-hybridized carbons (Fsp3) is 0.429. The topological polar surface area (TPSA) is 116 Å². The number of hydrogen-bond donors (Lipinski definition) is 2. The van der Waals surface area contributed by atoms with Crippen LogP contribution in [0.15, 0.2) is 0 Å². The van der Waals surface area contributed by atoms with E-state index in [1.165, 1.54) is 7.05 Å². The number of rotatable bonds is 2. The van der Waals surface area contributed by atoms with Crippen molar-refractivity contribution in [3.8, 4) is 0 Å². The van der Waals surface area contributed by atoms with E-state index >= 15 is 0 Å². The molecule has 1 fully saturated rings. The number of cyclic esters (lactones) is 1. The van der Waals surface area contributed by atoms with Crippen molar-refractivity contribution in [3.63, 3.8) is 0 Å². The van der Waals surface area contributed by atoms with Gasteiger partial charge in [-0.15, -0.1) is 0 Å². The van der Waals surface area contributed by atoms with E-state index in [2.05, 4.69) is 4.74 Å². The molecule has 1 unspecified atom stereocenters. The van der Waals surface area contributed by atoms with E-state index < -0.39 is 24.0 Å². The Bertz CT molecular complexity index is 291. The van der Waals surface area contributed by atoms with Gasteiger partial charge >= 0.3 is 6.09 Å². The molecule has 0 saturated carbocycles. The van der Waals surface area contributed by atoms with E-state index in [9.17, 15) is 14.4 Å². The van der Waals surface area contributed by atoms with Gasteiger partial charge in [0.15, 0.2) is 6.10 Å². The summed E-state index contributed by atoms with van der Waals surface area (Å²) in [6, 6.07) is 0. The van der Waals surface area contributed by atoms with Crippen LogP contribution in [-0.4, -0.2) is 42.5 Å². The fourth-order valence-electron chi connectivity index (χ4n) is 1.10. The second kappa shape index (κ2) is 3.52. The molecule has 14 heavy (non-hydrogen) atoms. The fourth-order valence-corrected chi connectivity index (χ4v) is 1.10. The van der Waals surface area contributed by atoms with Crippen LogP contribution in [0, 0.1) is 5.92 Å². The third kappa shape index (κ3) is 1.76. The number of nitrogens with two attached hydrogens (primary N) is 2. The van der Waals surface area contributed by atoms with E-state index in [-0.39, 0.29) is 12.5 Å². The molecule has 1 aliphatic rings. The van der Waals surface area contributed by atoms with Gasteiger partial charge in [-0.05, 0) is 0 Å². The summed E-state index contributed by atoms with van der Waals surface area (Å²) in [6.45, 7) is -0.0399. The van der Waals surface area contributed by atoms with Crippen LogP contribution in [-0.2, 0) is 14.3 Å². The van der Waals surface area contributed by atoms with Crippen LogP contribution in [0.25, 0.3) is 0 Å². The van der Waals surface area contributed by atoms with Gasteiger partial charge in [0.1, 0.15) is 5.92 Å². The van der Waals surface area contributed by atoms with Gasteiger partial charge < -0.3 is 21.1 Å². The number of carbonyl (C=O) groups is 3. The second-order valence-corrected chi connectivity index (χ2v) is 2.91. The van der Waals surface area contributed by atoms with Crippen LogP contribution >= 0.6 is 0 Å². The van der Waals surface area contributed by atoms with Gasteiger partial charge in [-0.3, -0.25) is 9.59 Å². The molecule has 0 aromatic carbocycles. The molecule has 1 heterocycles. The lowest BCUT2D eigenvalue weighted by Gasteiger charge is -2.31. The number of hydrogen-bond acceptors (Lipinski definition) is 4. The molecule has 0 spiro atoms. The first-order valence-electron chi connectivity index (χ1n) is 3.80.